The molecule has 0 aliphatic heterocycles. The average molecular weight is 467 g/mol. The highest BCUT2D eigenvalue weighted by Gasteiger charge is 2.30. The van der Waals surface area contributed by atoms with E-state index in [1.165, 1.54) is 0 Å². The minimum Gasteiger partial charge on any atom is -0.480 e. The molecule has 33 heavy (non-hydrogen) atoms. The number of nitrogens with one attached hydrogen (secondary N) is 3. The molecule has 0 saturated heterocycles. The number of hydrogen-bond acceptors (Lipinski definition) is 8. The molecule has 0 aliphatic carbocycles. The van der Waals surface area contributed by atoms with Gasteiger partial charge >= 0.3 is 5.97 Å². The van der Waals surface area contributed by atoms with E-state index in [0.717, 1.165) is 0 Å². The Balaban J connectivity index is 2.92. The summed E-state index contributed by atoms with van der Waals surface area (Å²) in [6.45, 7) is -1.69. The van der Waals surface area contributed by atoms with Crippen molar-refractivity contribution in [2.24, 2.45) is 11.5 Å². The van der Waals surface area contributed by atoms with Crippen LogP contribution in [0.1, 0.15) is 18.4 Å². The molecule has 0 bridgehead atoms. The predicted molar refractivity (Wildman–Crippen MR) is 114 cm³/mol. The maximum absolute atomic E-state index is 12.6. The number of hydrogen-bond donors (Lipinski definition) is 8. The van der Waals surface area contributed by atoms with Gasteiger partial charge in [0.25, 0.3) is 0 Å². The molecule has 1 aromatic carbocycles. The second-order valence-corrected chi connectivity index (χ2v) is 7.19. The molecule has 13 nitrogen and oxygen atoms in total. The summed E-state index contributed by atoms with van der Waals surface area (Å²) in [7, 11) is 0. The Hall–Kier alpha value is -3.55. The summed E-state index contributed by atoms with van der Waals surface area (Å²) in [6, 6.07) is 2.97. The minimum atomic E-state index is -1.59. The number of aliphatic carboxylic acids is 1. The van der Waals surface area contributed by atoms with Gasteiger partial charge in [0.05, 0.1) is 19.3 Å². The van der Waals surface area contributed by atoms with Crippen LogP contribution in [0.4, 0.5) is 0 Å². The third-order valence-electron chi connectivity index (χ3n) is 4.57. The molecule has 0 heterocycles. The van der Waals surface area contributed by atoms with Crippen molar-refractivity contribution in [3.05, 3.63) is 35.9 Å². The van der Waals surface area contributed by atoms with Crippen molar-refractivity contribution in [3.63, 3.8) is 0 Å². The van der Waals surface area contributed by atoms with E-state index in [2.05, 4.69) is 16.0 Å². The lowest BCUT2D eigenvalue weighted by Crippen LogP contribution is -2.58. The maximum atomic E-state index is 12.6. The zero-order valence-corrected chi connectivity index (χ0v) is 17.8. The molecule has 4 amide bonds. The van der Waals surface area contributed by atoms with E-state index in [1.807, 2.05) is 0 Å². The first-order valence-corrected chi connectivity index (χ1v) is 10.0. The van der Waals surface area contributed by atoms with Crippen LogP contribution in [0.25, 0.3) is 0 Å². The number of amides is 4. The summed E-state index contributed by atoms with van der Waals surface area (Å²) < 4.78 is 0. The van der Waals surface area contributed by atoms with Gasteiger partial charge in [0, 0.05) is 12.8 Å². The number of aliphatic hydroxyl groups is 2. The first-order chi connectivity index (χ1) is 15.6. The number of nitrogens with two attached hydrogens (primary N) is 2. The minimum absolute atomic E-state index is 0.0413. The molecule has 0 spiro atoms. The van der Waals surface area contributed by atoms with Gasteiger partial charge in [-0.05, 0) is 12.0 Å². The maximum Gasteiger partial charge on any atom is 0.328 e. The molecule has 0 radical (unpaired) electrons. The third-order valence-corrected chi connectivity index (χ3v) is 4.57. The van der Waals surface area contributed by atoms with E-state index in [-0.39, 0.29) is 19.3 Å². The zero-order valence-electron chi connectivity index (χ0n) is 17.8. The van der Waals surface area contributed by atoms with Crippen LogP contribution in [0.2, 0.25) is 0 Å². The summed E-state index contributed by atoms with van der Waals surface area (Å²) >= 11 is 0. The Morgan fingerprint density at radius 1 is 0.818 bits per heavy atom. The molecule has 13 heteroatoms. The fraction of sp³-hybridized carbons (Fsp3) is 0.450. The Morgan fingerprint density at radius 3 is 1.85 bits per heavy atom. The first kappa shape index (κ1) is 27.5. The average Bonchev–Trinajstić information content (AvgIpc) is 2.78. The van der Waals surface area contributed by atoms with Crippen molar-refractivity contribution in [3.8, 4) is 0 Å². The highest BCUT2D eigenvalue weighted by molar-refractivity contribution is 5.94. The summed E-state index contributed by atoms with van der Waals surface area (Å²) in [6.07, 6.45) is -0.266. The molecule has 4 atom stereocenters. The smallest absolute Gasteiger partial charge is 0.328 e. The second-order valence-electron chi connectivity index (χ2n) is 7.19. The van der Waals surface area contributed by atoms with Crippen molar-refractivity contribution >= 4 is 29.6 Å². The summed E-state index contributed by atoms with van der Waals surface area (Å²) in [4.78, 5) is 59.4. The standard InChI is InChI=1S/C20H29N5O8/c21-12(6-7-16(22)28)17(29)24-14(9-26)19(31)23-13(8-11-4-2-1-3-5-11)18(30)25-15(10-27)20(32)33/h1-5,12-15,26-27H,6-10,21H2,(H2,22,28)(H,23,31)(H,24,29)(H,25,30)(H,32,33). The molecule has 1 rings (SSSR count). The molecule has 1 aromatic rings. The van der Waals surface area contributed by atoms with Crippen molar-refractivity contribution in [1.29, 1.82) is 0 Å². The number of carboxylic acids is 1. The van der Waals surface area contributed by atoms with E-state index >= 15 is 0 Å². The van der Waals surface area contributed by atoms with Gasteiger partial charge in [0.15, 0.2) is 0 Å². The van der Waals surface area contributed by atoms with Gasteiger partial charge in [-0.25, -0.2) is 4.79 Å². The van der Waals surface area contributed by atoms with E-state index < -0.39 is 67.0 Å². The van der Waals surface area contributed by atoms with Gasteiger partial charge in [-0.1, -0.05) is 30.3 Å². The highest BCUT2D eigenvalue weighted by Crippen LogP contribution is 2.05. The van der Waals surface area contributed by atoms with Crippen LogP contribution in [0.15, 0.2) is 30.3 Å². The van der Waals surface area contributed by atoms with Crippen LogP contribution in [0, 0.1) is 0 Å². The van der Waals surface area contributed by atoms with Gasteiger partial charge in [0.1, 0.15) is 18.1 Å². The molecule has 0 aliphatic rings. The number of aliphatic hydroxyl groups excluding tert-OH is 2. The van der Waals surface area contributed by atoms with E-state index in [1.54, 1.807) is 30.3 Å². The number of carboxylic acid groups (broad SMARTS) is 1. The van der Waals surface area contributed by atoms with Crippen LogP contribution in [-0.4, -0.2) is 82.3 Å². The van der Waals surface area contributed by atoms with Crippen LogP contribution in [0.3, 0.4) is 0 Å². The van der Waals surface area contributed by atoms with Gasteiger partial charge in [-0.2, -0.15) is 0 Å². The SMILES string of the molecule is NC(=O)CCC(N)C(=O)NC(CO)C(=O)NC(Cc1ccccc1)C(=O)NC(CO)C(=O)O. The summed E-state index contributed by atoms with van der Waals surface area (Å²) in [5.41, 5.74) is 11.3. The van der Waals surface area contributed by atoms with Crippen molar-refractivity contribution in [2.75, 3.05) is 13.2 Å². The highest BCUT2D eigenvalue weighted by atomic mass is 16.4. The van der Waals surface area contributed by atoms with Crippen LogP contribution >= 0.6 is 0 Å². The number of rotatable bonds is 14. The number of primary amides is 1. The fourth-order valence-corrected chi connectivity index (χ4v) is 2.69. The monoisotopic (exact) mass is 467 g/mol. The van der Waals surface area contributed by atoms with Gasteiger partial charge < -0.3 is 42.7 Å². The molecule has 0 aromatic heterocycles. The third kappa shape index (κ3) is 9.64. The molecule has 10 N–H and O–H groups in total. The topological polar surface area (TPSA) is 234 Å². The van der Waals surface area contributed by atoms with Crippen molar-refractivity contribution < 1.29 is 39.3 Å². The normalized spacial score (nSPS) is 14.3. The Kier molecular flexibility index (Phi) is 11.5. The number of carbonyl (C=O) groups excluding carboxylic acids is 4. The largest absolute Gasteiger partial charge is 0.480 e. The van der Waals surface area contributed by atoms with Gasteiger partial charge in [-0.15, -0.1) is 0 Å². The van der Waals surface area contributed by atoms with E-state index in [4.69, 9.17) is 21.7 Å². The molecular weight excluding hydrogens is 438 g/mol. The lowest BCUT2D eigenvalue weighted by molar-refractivity contribution is -0.143. The molecule has 4 unspecified atom stereocenters. The zero-order chi connectivity index (χ0) is 25.0. The fourth-order valence-electron chi connectivity index (χ4n) is 2.69. The summed E-state index contributed by atoms with van der Waals surface area (Å²) in [5.74, 6) is -4.77. The van der Waals surface area contributed by atoms with Crippen LogP contribution < -0.4 is 27.4 Å². The van der Waals surface area contributed by atoms with Gasteiger partial charge in [0.2, 0.25) is 23.6 Å². The molecule has 182 valence electrons. The van der Waals surface area contributed by atoms with Crippen LogP contribution in [-0.2, 0) is 30.4 Å². The lowest BCUT2D eigenvalue weighted by Gasteiger charge is -2.24. The van der Waals surface area contributed by atoms with Crippen LogP contribution in [0.5, 0.6) is 0 Å². The predicted octanol–water partition coefficient (Wildman–Crippen LogP) is -3.65. The van der Waals surface area contributed by atoms with Crippen molar-refractivity contribution in [2.45, 2.75) is 43.4 Å². The molecule has 0 saturated carbocycles. The lowest BCUT2D eigenvalue weighted by atomic mass is 10.0. The quantitative estimate of drug-likeness (QED) is 0.134. The molecule has 0 fully saturated rings. The van der Waals surface area contributed by atoms with Crippen molar-refractivity contribution in [1.82, 2.24) is 16.0 Å². The van der Waals surface area contributed by atoms with E-state index in [9.17, 15) is 29.1 Å². The second kappa shape index (κ2) is 13.8. The summed E-state index contributed by atoms with van der Waals surface area (Å²) in [5, 5.41) is 34.4. The van der Waals surface area contributed by atoms with Gasteiger partial charge in [-0.3, -0.25) is 19.2 Å². The Labute approximate surface area is 189 Å². The Morgan fingerprint density at radius 2 is 1.33 bits per heavy atom. The Bertz CT molecular complexity index is 835. The van der Waals surface area contributed by atoms with E-state index in [0.29, 0.717) is 5.56 Å². The number of carbonyl (C=O) groups is 5. The molecular formula is C20H29N5O8. The number of benzene rings is 1. The first-order valence-electron chi connectivity index (χ1n) is 10.0.